The van der Waals surface area contributed by atoms with Crippen LogP contribution in [0.25, 0.3) is 21.9 Å². The number of hydrogen-bond acceptors (Lipinski definition) is 4. The Morgan fingerprint density at radius 3 is 2.47 bits per heavy atom. The van der Waals surface area contributed by atoms with E-state index < -0.39 is 5.82 Å². The van der Waals surface area contributed by atoms with Crippen LogP contribution in [0.1, 0.15) is 5.56 Å². The van der Waals surface area contributed by atoms with Gasteiger partial charge in [-0.05, 0) is 47.3 Å². The molecule has 0 aromatic heterocycles. The maximum absolute atomic E-state index is 16.0. The van der Waals surface area contributed by atoms with Crippen LogP contribution in [0.2, 0.25) is 5.02 Å². The van der Waals surface area contributed by atoms with Crippen molar-refractivity contribution in [1.29, 1.82) is 0 Å². The number of aliphatic imine (C=N–C) groups is 2. The fourth-order valence-corrected chi connectivity index (χ4v) is 4.68. The largest absolute Gasteiger partial charge is 0.508 e. The molecule has 8 heteroatoms. The summed E-state index contributed by atoms with van der Waals surface area (Å²) in [6.07, 6.45) is 1.29. The molecule has 0 atom stereocenters. The molecule has 34 heavy (non-hydrogen) atoms. The van der Waals surface area contributed by atoms with Crippen molar-refractivity contribution in [2.75, 3.05) is 33.2 Å². The molecule has 1 N–H and O–H groups in total. The van der Waals surface area contributed by atoms with E-state index in [9.17, 15) is 9.90 Å². The van der Waals surface area contributed by atoms with Crippen LogP contribution in [-0.4, -0.2) is 66.6 Å². The minimum atomic E-state index is -0.644. The van der Waals surface area contributed by atoms with E-state index in [-0.39, 0.29) is 27.9 Å². The quantitative estimate of drug-likeness (QED) is 0.324. The number of amides is 1. The summed E-state index contributed by atoms with van der Waals surface area (Å²) in [7, 11) is 1.62. The normalized spacial score (nSPS) is 14.4. The van der Waals surface area contributed by atoms with Crippen molar-refractivity contribution in [1.82, 2.24) is 9.80 Å². The highest BCUT2D eigenvalue weighted by atomic mass is 35.5. The highest BCUT2D eigenvalue weighted by molar-refractivity contribution is 6.34. The predicted octanol–water partition coefficient (Wildman–Crippen LogP) is 5.04. The first-order valence-corrected chi connectivity index (χ1v) is 11.1. The van der Waals surface area contributed by atoms with Crippen molar-refractivity contribution in [2.24, 2.45) is 9.98 Å². The van der Waals surface area contributed by atoms with Crippen LogP contribution < -0.4 is 0 Å². The Labute approximate surface area is 202 Å². The maximum Gasteiger partial charge on any atom is 0.246 e. The van der Waals surface area contributed by atoms with Crippen LogP contribution in [0, 0.1) is 5.82 Å². The molecule has 3 aromatic rings. The summed E-state index contributed by atoms with van der Waals surface area (Å²) >= 11 is 6.65. The van der Waals surface area contributed by atoms with Crippen LogP contribution in [0.4, 0.5) is 10.1 Å². The average Bonchev–Trinajstić information content (AvgIpc) is 2.84. The minimum absolute atomic E-state index is 0.00380. The van der Waals surface area contributed by atoms with Gasteiger partial charge in [-0.25, -0.2) is 4.39 Å². The molecule has 1 aliphatic heterocycles. The SMILES string of the molecule is C=CC(=O)N1CCN(/C(=N/C)c2cc(Cl)c(-c3cc(O)cc4ccccc34)c(F)c2N=C)CC1. The number of amidine groups is 1. The molecule has 3 aromatic carbocycles. The van der Waals surface area contributed by atoms with E-state index in [4.69, 9.17) is 11.6 Å². The summed E-state index contributed by atoms with van der Waals surface area (Å²) in [5.74, 6) is -0.250. The van der Waals surface area contributed by atoms with Gasteiger partial charge in [-0.2, -0.15) is 0 Å². The molecule has 1 saturated heterocycles. The summed E-state index contributed by atoms with van der Waals surface area (Å²) < 4.78 is 16.0. The number of fused-ring (bicyclic) bond motifs is 1. The number of piperazine rings is 1. The molecule has 0 bridgehead atoms. The lowest BCUT2D eigenvalue weighted by Crippen LogP contribution is -2.50. The molecule has 4 rings (SSSR count). The van der Waals surface area contributed by atoms with Gasteiger partial charge in [0.15, 0.2) is 5.82 Å². The van der Waals surface area contributed by atoms with Crippen molar-refractivity contribution in [2.45, 2.75) is 0 Å². The molecule has 0 radical (unpaired) electrons. The fraction of sp³-hybridized carbons (Fsp3) is 0.192. The zero-order valence-corrected chi connectivity index (χ0v) is 19.5. The Morgan fingerprint density at radius 2 is 1.82 bits per heavy atom. The molecule has 6 nitrogen and oxygen atoms in total. The summed E-state index contributed by atoms with van der Waals surface area (Å²) in [6.45, 7) is 9.13. The number of phenols is 1. The molecule has 174 valence electrons. The lowest BCUT2D eigenvalue weighted by atomic mass is 9.95. The van der Waals surface area contributed by atoms with Crippen molar-refractivity contribution >= 4 is 46.5 Å². The van der Waals surface area contributed by atoms with Gasteiger partial charge in [0.2, 0.25) is 5.91 Å². The molecule has 0 spiro atoms. The molecule has 1 amide bonds. The summed E-state index contributed by atoms with van der Waals surface area (Å²) in [5.41, 5.74) is 1.03. The summed E-state index contributed by atoms with van der Waals surface area (Å²) in [5, 5.41) is 11.9. The van der Waals surface area contributed by atoms with Crippen molar-refractivity contribution in [3.05, 3.63) is 71.5 Å². The van der Waals surface area contributed by atoms with Crippen LogP contribution in [0.3, 0.4) is 0 Å². The Kier molecular flexibility index (Phi) is 6.65. The maximum atomic E-state index is 16.0. The van der Waals surface area contributed by atoms with Crippen LogP contribution in [-0.2, 0) is 4.79 Å². The summed E-state index contributed by atoms with van der Waals surface area (Å²) in [4.78, 5) is 24.0. The Morgan fingerprint density at radius 1 is 1.15 bits per heavy atom. The van der Waals surface area contributed by atoms with E-state index >= 15 is 4.39 Å². The highest BCUT2D eigenvalue weighted by Crippen LogP contribution is 2.42. The third-order valence-electron chi connectivity index (χ3n) is 5.98. The van der Waals surface area contributed by atoms with Gasteiger partial charge < -0.3 is 14.9 Å². The van der Waals surface area contributed by atoms with Gasteiger partial charge in [0.25, 0.3) is 0 Å². The number of carbonyl (C=O) groups is 1. The number of halogens is 2. The van der Waals surface area contributed by atoms with Gasteiger partial charge in [0.1, 0.15) is 17.3 Å². The van der Waals surface area contributed by atoms with E-state index in [0.29, 0.717) is 43.1 Å². The number of rotatable bonds is 4. The van der Waals surface area contributed by atoms with Gasteiger partial charge in [0.05, 0.1) is 5.02 Å². The van der Waals surface area contributed by atoms with E-state index in [0.717, 1.165) is 10.8 Å². The first-order valence-electron chi connectivity index (χ1n) is 10.7. The van der Waals surface area contributed by atoms with Gasteiger partial charge in [0, 0.05) is 44.4 Å². The molecular formula is C26H24ClFN4O2. The molecule has 0 unspecified atom stereocenters. The molecule has 0 aliphatic carbocycles. The van der Waals surface area contributed by atoms with Gasteiger partial charge >= 0.3 is 0 Å². The number of aromatic hydroxyl groups is 1. The van der Waals surface area contributed by atoms with E-state index in [1.54, 1.807) is 24.1 Å². The Bertz CT molecular complexity index is 1330. The Balaban J connectivity index is 1.80. The van der Waals surface area contributed by atoms with Gasteiger partial charge in [-0.1, -0.05) is 42.4 Å². The monoisotopic (exact) mass is 478 g/mol. The molecule has 1 aliphatic rings. The number of benzene rings is 3. The third kappa shape index (κ3) is 4.15. The number of carbonyl (C=O) groups excluding carboxylic acids is 1. The molecule has 1 heterocycles. The van der Waals surface area contributed by atoms with Gasteiger partial charge in [-0.3, -0.25) is 14.8 Å². The van der Waals surface area contributed by atoms with Crippen molar-refractivity contribution in [3.8, 4) is 16.9 Å². The van der Waals surface area contributed by atoms with E-state index in [1.165, 1.54) is 12.1 Å². The zero-order valence-electron chi connectivity index (χ0n) is 18.8. The fourth-order valence-electron chi connectivity index (χ4n) is 4.38. The lowest BCUT2D eigenvalue weighted by Gasteiger charge is -2.36. The highest BCUT2D eigenvalue weighted by Gasteiger charge is 2.27. The van der Waals surface area contributed by atoms with E-state index in [1.807, 2.05) is 29.2 Å². The van der Waals surface area contributed by atoms with Crippen molar-refractivity contribution < 1.29 is 14.3 Å². The second-order valence-electron chi connectivity index (χ2n) is 7.88. The van der Waals surface area contributed by atoms with Crippen LogP contribution in [0.15, 0.2) is 65.1 Å². The number of nitrogens with zero attached hydrogens (tertiary/aromatic N) is 4. The predicted molar refractivity (Wildman–Crippen MR) is 136 cm³/mol. The van der Waals surface area contributed by atoms with Crippen LogP contribution in [0.5, 0.6) is 5.75 Å². The van der Waals surface area contributed by atoms with Crippen molar-refractivity contribution in [3.63, 3.8) is 0 Å². The zero-order chi connectivity index (χ0) is 24.4. The van der Waals surface area contributed by atoms with Gasteiger partial charge in [-0.15, -0.1) is 0 Å². The lowest BCUT2D eigenvalue weighted by molar-refractivity contribution is -0.127. The first-order chi connectivity index (χ1) is 16.4. The first kappa shape index (κ1) is 23.4. The molecule has 0 saturated carbocycles. The second kappa shape index (κ2) is 9.65. The third-order valence-corrected chi connectivity index (χ3v) is 6.28. The average molecular weight is 479 g/mol. The van der Waals surface area contributed by atoms with E-state index in [2.05, 4.69) is 23.3 Å². The molecule has 1 fully saturated rings. The summed E-state index contributed by atoms with van der Waals surface area (Å²) in [6, 6.07) is 12.1. The van der Waals surface area contributed by atoms with Crippen LogP contribution >= 0.6 is 11.6 Å². The topological polar surface area (TPSA) is 68.5 Å². The molecular weight excluding hydrogens is 455 g/mol. The number of hydrogen-bond donors (Lipinski definition) is 1. The Hall–Kier alpha value is -3.71. The standard InChI is InChI=1S/C26H24ClFN4O2/c1-4-22(34)31-9-11-32(12-10-31)26(30-3)20-15-21(27)23(24(28)25(20)29-2)19-14-17(33)13-16-7-5-6-8-18(16)19/h4-8,13-15,33H,1-2,9-12H2,3H3/b30-26+. The second-order valence-corrected chi connectivity index (χ2v) is 8.29. The smallest absolute Gasteiger partial charge is 0.246 e. The minimum Gasteiger partial charge on any atom is -0.508 e. The number of phenolic OH excluding ortho intramolecular Hbond substituents is 1.